The molecule has 2 fully saturated rings. The van der Waals surface area contributed by atoms with Gasteiger partial charge in [-0.1, -0.05) is 6.07 Å². The van der Waals surface area contributed by atoms with Crippen LogP contribution >= 0.6 is 0 Å². The van der Waals surface area contributed by atoms with Gasteiger partial charge in [-0.3, -0.25) is 19.7 Å². The van der Waals surface area contributed by atoms with Crippen molar-refractivity contribution in [2.45, 2.75) is 50.1 Å². The first-order valence-corrected chi connectivity index (χ1v) is 12.5. The van der Waals surface area contributed by atoms with Crippen LogP contribution < -0.4 is 5.32 Å². The predicted octanol–water partition coefficient (Wildman–Crippen LogP) is 3.99. The van der Waals surface area contributed by atoms with Gasteiger partial charge >= 0.3 is 36.4 Å². The molecule has 2 aliphatic rings. The lowest BCUT2D eigenvalue weighted by Crippen LogP contribution is -2.51. The van der Waals surface area contributed by atoms with Gasteiger partial charge in [0.15, 0.2) is 0 Å². The molecule has 21 heteroatoms. The van der Waals surface area contributed by atoms with E-state index >= 15 is 0 Å². The van der Waals surface area contributed by atoms with Gasteiger partial charge < -0.3 is 25.4 Å². The molecular formula is C25H25F9N4O8. The highest BCUT2D eigenvalue weighted by atomic mass is 19.4. The lowest BCUT2D eigenvalue weighted by atomic mass is 9.89. The molecule has 4 rings (SSSR count). The monoisotopic (exact) mass is 680 g/mol. The smallest absolute Gasteiger partial charge is 0.475 e. The van der Waals surface area contributed by atoms with Gasteiger partial charge in [0, 0.05) is 38.1 Å². The number of nitrogens with one attached hydrogen (secondary N) is 1. The van der Waals surface area contributed by atoms with Crippen LogP contribution in [0.3, 0.4) is 0 Å². The van der Waals surface area contributed by atoms with E-state index in [0.29, 0.717) is 6.04 Å². The third kappa shape index (κ3) is 14.5. The number of anilines is 1. The zero-order valence-corrected chi connectivity index (χ0v) is 23.0. The van der Waals surface area contributed by atoms with Gasteiger partial charge in [-0.05, 0) is 37.1 Å². The maximum atomic E-state index is 12.7. The molecule has 0 aromatic carbocycles. The second-order valence-corrected chi connectivity index (χ2v) is 9.09. The van der Waals surface area contributed by atoms with Crippen LogP contribution in [0.1, 0.15) is 18.5 Å². The fraction of sp³-hybridized carbons (Fsp3) is 0.440. The minimum Gasteiger partial charge on any atom is -0.475 e. The summed E-state index contributed by atoms with van der Waals surface area (Å²) in [6.45, 7) is 2.25. The number of hydrogen-bond acceptors (Lipinski definition) is 8. The average molecular weight is 680 g/mol. The SMILES string of the molecule is O=C(Nc1cccnc1)[C@H]1C[C@H]2OCC[C@H]2N(Cc2ccccn2)C1.O=C(O)C(F)(F)F.O=C(O)C(F)(F)F.O=C(O)C(F)(F)F. The van der Waals surface area contributed by atoms with E-state index in [1.54, 1.807) is 12.4 Å². The fourth-order valence-electron chi connectivity index (χ4n) is 3.81. The van der Waals surface area contributed by atoms with Crippen LogP contribution in [0.2, 0.25) is 0 Å². The molecular weight excluding hydrogens is 655 g/mol. The third-order valence-corrected chi connectivity index (χ3v) is 5.73. The molecule has 256 valence electrons. The van der Waals surface area contributed by atoms with E-state index in [9.17, 15) is 44.3 Å². The number of halogens is 9. The Kier molecular flexibility index (Phi) is 14.8. The van der Waals surface area contributed by atoms with Gasteiger partial charge in [0.25, 0.3) is 0 Å². The Bertz CT molecular complexity index is 1220. The van der Waals surface area contributed by atoms with E-state index in [2.05, 4.69) is 20.2 Å². The number of pyridine rings is 2. The lowest BCUT2D eigenvalue weighted by Gasteiger charge is -2.40. The Balaban J connectivity index is 0.000000413. The maximum absolute atomic E-state index is 12.7. The number of piperidine rings is 1. The number of carbonyl (C=O) groups excluding carboxylic acids is 1. The maximum Gasteiger partial charge on any atom is 0.490 e. The van der Waals surface area contributed by atoms with Crippen LogP contribution in [0.25, 0.3) is 0 Å². The number of carboxylic acids is 3. The molecule has 4 heterocycles. The number of hydrogen-bond donors (Lipinski definition) is 4. The number of rotatable bonds is 4. The Morgan fingerprint density at radius 3 is 1.83 bits per heavy atom. The molecule has 0 bridgehead atoms. The topological polar surface area (TPSA) is 179 Å². The summed E-state index contributed by atoms with van der Waals surface area (Å²) >= 11 is 0. The van der Waals surface area contributed by atoms with Crippen molar-refractivity contribution in [1.82, 2.24) is 14.9 Å². The molecule has 1 amide bonds. The minimum absolute atomic E-state index is 0.0352. The van der Waals surface area contributed by atoms with E-state index in [-0.39, 0.29) is 17.9 Å². The molecule has 0 radical (unpaired) electrons. The Morgan fingerprint density at radius 2 is 1.39 bits per heavy atom. The zero-order valence-electron chi connectivity index (χ0n) is 23.0. The van der Waals surface area contributed by atoms with Crippen LogP contribution in [0, 0.1) is 5.92 Å². The van der Waals surface area contributed by atoms with E-state index in [1.807, 2.05) is 36.5 Å². The van der Waals surface area contributed by atoms with Crippen LogP contribution in [0.15, 0.2) is 48.9 Å². The molecule has 2 saturated heterocycles. The lowest BCUT2D eigenvalue weighted by molar-refractivity contribution is -0.193. The average Bonchev–Trinajstić information content (AvgIpc) is 3.43. The summed E-state index contributed by atoms with van der Waals surface area (Å²) in [6, 6.07) is 10.0. The Morgan fingerprint density at radius 1 is 0.848 bits per heavy atom. The summed E-state index contributed by atoms with van der Waals surface area (Å²) in [6.07, 6.45) is -8.15. The first-order valence-electron chi connectivity index (χ1n) is 12.5. The number of carboxylic acid groups (broad SMARTS) is 3. The van der Waals surface area contributed by atoms with Gasteiger partial charge in [0.05, 0.1) is 29.6 Å². The highest BCUT2D eigenvalue weighted by Crippen LogP contribution is 2.32. The van der Waals surface area contributed by atoms with Crippen LogP contribution in [0.4, 0.5) is 45.2 Å². The van der Waals surface area contributed by atoms with Crippen molar-refractivity contribution in [2.24, 2.45) is 5.92 Å². The third-order valence-electron chi connectivity index (χ3n) is 5.73. The largest absolute Gasteiger partial charge is 0.490 e. The molecule has 3 atom stereocenters. The number of likely N-dealkylation sites (tertiary alicyclic amines) is 1. The number of ether oxygens (including phenoxy) is 1. The number of amides is 1. The van der Waals surface area contributed by atoms with Gasteiger partial charge in [-0.25, -0.2) is 14.4 Å². The minimum atomic E-state index is -5.08. The van der Waals surface area contributed by atoms with Gasteiger partial charge in [0.2, 0.25) is 5.91 Å². The first kappa shape index (κ1) is 39.5. The van der Waals surface area contributed by atoms with Gasteiger partial charge in [0.1, 0.15) is 0 Å². The van der Waals surface area contributed by atoms with Crippen molar-refractivity contribution < 1.29 is 78.7 Å². The second kappa shape index (κ2) is 17.2. The van der Waals surface area contributed by atoms with Crippen molar-refractivity contribution in [2.75, 3.05) is 18.5 Å². The van der Waals surface area contributed by atoms with Gasteiger partial charge in [-0.15, -0.1) is 0 Å². The molecule has 2 aromatic rings. The van der Waals surface area contributed by atoms with E-state index < -0.39 is 36.4 Å². The van der Waals surface area contributed by atoms with Crippen molar-refractivity contribution in [3.05, 3.63) is 54.6 Å². The van der Waals surface area contributed by atoms with Crippen LogP contribution in [-0.4, -0.2) is 97.8 Å². The summed E-state index contributed by atoms with van der Waals surface area (Å²) in [7, 11) is 0. The normalized spacial score (nSPS) is 19.4. The summed E-state index contributed by atoms with van der Waals surface area (Å²) in [5, 5.41) is 24.4. The summed E-state index contributed by atoms with van der Waals surface area (Å²) < 4.78 is 101. The Labute approximate surface area is 252 Å². The number of aromatic nitrogens is 2. The highest BCUT2D eigenvalue weighted by Gasteiger charge is 2.42. The standard InChI is InChI=1S/C19H22N4O2.3C2HF3O2/c24-19(22-15-5-3-7-20-11-15)14-10-18-17(6-9-25-18)23(12-14)13-16-4-1-2-8-21-16;3*3-2(4,5)1(6)7/h1-5,7-8,11,14,17-18H,6,9-10,12-13H2,(H,22,24);3*(H,6,7)/t14-,17+,18+;;;/m0.../s1. The molecule has 0 saturated carbocycles. The van der Waals surface area contributed by atoms with Crippen molar-refractivity contribution in [3.8, 4) is 0 Å². The summed E-state index contributed by atoms with van der Waals surface area (Å²) in [5.41, 5.74) is 1.76. The van der Waals surface area contributed by atoms with E-state index in [4.69, 9.17) is 34.4 Å². The zero-order chi connectivity index (χ0) is 35.3. The van der Waals surface area contributed by atoms with Crippen molar-refractivity contribution in [1.29, 1.82) is 0 Å². The fourth-order valence-corrected chi connectivity index (χ4v) is 3.81. The number of fused-ring (bicyclic) bond motifs is 1. The number of alkyl halides is 9. The van der Waals surface area contributed by atoms with Crippen LogP contribution in [0.5, 0.6) is 0 Å². The molecule has 12 nitrogen and oxygen atoms in total. The number of aliphatic carboxylic acids is 3. The Hall–Kier alpha value is -4.53. The van der Waals surface area contributed by atoms with E-state index in [0.717, 1.165) is 43.9 Å². The van der Waals surface area contributed by atoms with Gasteiger partial charge in [-0.2, -0.15) is 39.5 Å². The second-order valence-electron chi connectivity index (χ2n) is 9.09. The quantitative estimate of drug-likeness (QED) is 0.343. The van der Waals surface area contributed by atoms with Crippen molar-refractivity contribution >= 4 is 29.5 Å². The molecule has 4 N–H and O–H groups in total. The van der Waals surface area contributed by atoms with E-state index in [1.165, 1.54) is 0 Å². The number of nitrogens with zero attached hydrogens (tertiary/aromatic N) is 3. The first-order chi connectivity index (χ1) is 21.1. The summed E-state index contributed by atoms with van der Waals surface area (Å²) in [5.74, 6) is -8.33. The highest BCUT2D eigenvalue weighted by molar-refractivity contribution is 5.92. The van der Waals surface area contributed by atoms with Crippen molar-refractivity contribution in [3.63, 3.8) is 0 Å². The predicted molar refractivity (Wildman–Crippen MR) is 135 cm³/mol. The molecule has 46 heavy (non-hydrogen) atoms. The molecule has 0 aliphatic carbocycles. The molecule has 0 unspecified atom stereocenters. The number of carbonyl (C=O) groups is 4. The molecule has 2 aromatic heterocycles. The molecule has 0 spiro atoms. The van der Waals surface area contributed by atoms with Crippen LogP contribution in [-0.2, 0) is 30.5 Å². The molecule has 2 aliphatic heterocycles. The summed E-state index contributed by atoms with van der Waals surface area (Å²) in [4.78, 5) is 50.2.